The normalized spacial score (nSPS) is 14.8. The number of aliphatic hydroxyl groups excluding tert-OH is 1. The quantitative estimate of drug-likeness (QED) is 0.448. The molecule has 0 bridgehead atoms. The highest BCUT2D eigenvalue weighted by Gasteiger charge is 2.16. The Hall–Kier alpha value is -2.39. The monoisotopic (exact) mass is 350 g/mol. The fraction of sp³-hybridized carbons (Fsp3) is 0.348. The molecule has 3 nitrogen and oxygen atoms in total. The van der Waals surface area contributed by atoms with Crippen molar-refractivity contribution < 1.29 is 14.6 Å². The van der Waals surface area contributed by atoms with E-state index in [4.69, 9.17) is 4.74 Å². The summed E-state index contributed by atoms with van der Waals surface area (Å²) in [7, 11) is 0. The van der Waals surface area contributed by atoms with E-state index in [2.05, 4.69) is 30.8 Å². The van der Waals surface area contributed by atoms with Crippen LogP contribution < -0.4 is 4.74 Å². The van der Waals surface area contributed by atoms with Gasteiger partial charge >= 0.3 is 5.97 Å². The Bertz CT molecular complexity index is 784. The number of ether oxygens (including phenoxy) is 1. The van der Waals surface area contributed by atoms with Crippen molar-refractivity contribution in [2.75, 3.05) is 0 Å². The van der Waals surface area contributed by atoms with Crippen molar-refractivity contribution in [1.29, 1.82) is 0 Å². The fourth-order valence-corrected chi connectivity index (χ4v) is 3.55. The highest BCUT2D eigenvalue weighted by atomic mass is 16.5. The van der Waals surface area contributed by atoms with Gasteiger partial charge in [-0.25, -0.2) is 4.79 Å². The molecule has 1 aliphatic carbocycles. The van der Waals surface area contributed by atoms with Crippen molar-refractivity contribution in [3.05, 3.63) is 65.7 Å². The van der Waals surface area contributed by atoms with E-state index in [9.17, 15) is 9.90 Å². The second-order valence-electron chi connectivity index (χ2n) is 7.12. The Labute approximate surface area is 155 Å². The summed E-state index contributed by atoms with van der Waals surface area (Å²) in [5.74, 6) is 0.658. The lowest BCUT2D eigenvalue weighted by Gasteiger charge is -2.22. The van der Waals surface area contributed by atoms with Crippen LogP contribution in [-0.4, -0.2) is 11.1 Å². The lowest BCUT2D eigenvalue weighted by molar-refractivity contribution is -0.130. The minimum absolute atomic E-state index is 0.0987. The fourth-order valence-electron chi connectivity index (χ4n) is 3.55. The minimum Gasteiger partial charge on any atom is -0.423 e. The number of carbonyl (C=O) groups is 1. The summed E-state index contributed by atoms with van der Waals surface area (Å²) in [6, 6.07) is 14.0. The number of carbonyl (C=O) groups excluding carboxylic acids is 1. The number of aliphatic hydroxyl groups is 1. The van der Waals surface area contributed by atoms with Crippen LogP contribution in [0.2, 0.25) is 0 Å². The van der Waals surface area contributed by atoms with Gasteiger partial charge in [0.05, 0.1) is 6.61 Å². The SMILES string of the molecule is C=C(C)C(=O)Oc1cc(CO)ccc1-c1ccc(C2CCCCC2)cc1. The largest absolute Gasteiger partial charge is 0.423 e. The van der Waals surface area contributed by atoms with Gasteiger partial charge in [-0.15, -0.1) is 0 Å². The van der Waals surface area contributed by atoms with E-state index in [0.29, 0.717) is 22.8 Å². The molecule has 0 unspecified atom stereocenters. The van der Waals surface area contributed by atoms with E-state index in [1.54, 1.807) is 13.0 Å². The molecule has 0 spiro atoms. The predicted molar refractivity (Wildman–Crippen MR) is 104 cm³/mol. The Morgan fingerprint density at radius 1 is 1.12 bits per heavy atom. The van der Waals surface area contributed by atoms with Gasteiger partial charge in [-0.3, -0.25) is 0 Å². The molecule has 0 atom stereocenters. The Morgan fingerprint density at radius 3 is 2.42 bits per heavy atom. The van der Waals surface area contributed by atoms with Crippen molar-refractivity contribution in [1.82, 2.24) is 0 Å². The molecule has 0 radical (unpaired) electrons. The lowest BCUT2D eigenvalue weighted by atomic mass is 9.83. The van der Waals surface area contributed by atoms with Crippen LogP contribution in [0.25, 0.3) is 11.1 Å². The standard InChI is InChI=1S/C23H26O3/c1-16(2)23(25)26-22-14-17(15-24)8-13-21(22)20-11-9-19(10-12-20)18-6-4-3-5-7-18/h8-14,18,24H,1,3-7,15H2,2H3. The molecule has 2 aromatic rings. The van der Waals surface area contributed by atoms with E-state index in [1.165, 1.54) is 37.7 Å². The first-order valence-corrected chi connectivity index (χ1v) is 9.30. The van der Waals surface area contributed by atoms with Gasteiger partial charge in [0.1, 0.15) is 5.75 Å². The van der Waals surface area contributed by atoms with Gasteiger partial charge in [0.15, 0.2) is 0 Å². The maximum atomic E-state index is 12.0. The second-order valence-corrected chi connectivity index (χ2v) is 7.12. The molecule has 1 saturated carbocycles. The summed E-state index contributed by atoms with van der Waals surface area (Å²) < 4.78 is 5.50. The van der Waals surface area contributed by atoms with E-state index < -0.39 is 5.97 Å². The van der Waals surface area contributed by atoms with Gasteiger partial charge in [-0.05, 0) is 48.4 Å². The van der Waals surface area contributed by atoms with E-state index in [0.717, 1.165) is 11.1 Å². The van der Waals surface area contributed by atoms with Gasteiger partial charge < -0.3 is 9.84 Å². The highest BCUT2D eigenvalue weighted by Crippen LogP contribution is 2.36. The summed E-state index contributed by atoms with van der Waals surface area (Å²) in [6.45, 7) is 5.16. The molecule has 0 amide bonds. The first kappa shape index (κ1) is 18.4. The lowest BCUT2D eigenvalue weighted by Crippen LogP contribution is -2.09. The van der Waals surface area contributed by atoms with Crippen molar-refractivity contribution in [2.24, 2.45) is 0 Å². The van der Waals surface area contributed by atoms with Crippen LogP contribution in [0.4, 0.5) is 0 Å². The number of hydrogen-bond donors (Lipinski definition) is 1. The van der Waals surface area contributed by atoms with E-state index in [-0.39, 0.29) is 6.61 Å². The zero-order chi connectivity index (χ0) is 18.5. The average molecular weight is 350 g/mol. The van der Waals surface area contributed by atoms with Crippen molar-refractivity contribution in [2.45, 2.75) is 51.6 Å². The molecule has 1 fully saturated rings. The summed E-state index contributed by atoms with van der Waals surface area (Å²) in [4.78, 5) is 12.0. The van der Waals surface area contributed by atoms with Gasteiger partial charge in [0, 0.05) is 11.1 Å². The number of rotatable bonds is 5. The van der Waals surface area contributed by atoms with Crippen LogP contribution in [0.15, 0.2) is 54.6 Å². The smallest absolute Gasteiger partial charge is 0.338 e. The summed E-state index contributed by atoms with van der Waals surface area (Å²) >= 11 is 0. The van der Waals surface area contributed by atoms with Gasteiger partial charge in [0.25, 0.3) is 0 Å². The number of esters is 1. The van der Waals surface area contributed by atoms with Crippen LogP contribution >= 0.6 is 0 Å². The van der Waals surface area contributed by atoms with Crippen LogP contribution in [-0.2, 0) is 11.4 Å². The molecule has 3 rings (SSSR count). The van der Waals surface area contributed by atoms with Gasteiger partial charge in [0.2, 0.25) is 0 Å². The van der Waals surface area contributed by atoms with Crippen LogP contribution in [0.5, 0.6) is 5.75 Å². The summed E-state index contributed by atoms with van der Waals surface area (Å²) in [6.07, 6.45) is 6.52. The second kappa shape index (κ2) is 8.33. The number of hydrogen-bond acceptors (Lipinski definition) is 3. The maximum Gasteiger partial charge on any atom is 0.338 e. The molecule has 0 aliphatic heterocycles. The Morgan fingerprint density at radius 2 is 1.81 bits per heavy atom. The van der Waals surface area contributed by atoms with Crippen LogP contribution in [0.3, 0.4) is 0 Å². The van der Waals surface area contributed by atoms with Crippen LogP contribution in [0, 0.1) is 0 Å². The Kier molecular flexibility index (Phi) is 5.89. The third kappa shape index (κ3) is 4.23. The van der Waals surface area contributed by atoms with Crippen molar-refractivity contribution in [3.63, 3.8) is 0 Å². The van der Waals surface area contributed by atoms with Gasteiger partial charge in [-0.1, -0.05) is 62.2 Å². The molecule has 1 aliphatic rings. The first-order chi connectivity index (χ1) is 12.6. The third-order valence-electron chi connectivity index (χ3n) is 5.08. The molecular weight excluding hydrogens is 324 g/mol. The van der Waals surface area contributed by atoms with Gasteiger partial charge in [-0.2, -0.15) is 0 Å². The Balaban J connectivity index is 1.89. The summed E-state index contributed by atoms with van der Waals surface area (Å²) in [5, 5.41) is 9.39. The van der Waals surface area contributed by atoms with E-state index in [1.807, 2.05) is 12.1 Å². The molecule has 1 N–H and O–H groups in total. The van der Waals surface area contributed by atoms with Crippen LogP contribution in [0.1, 0.15) is 56.1 Å². The molecule has 3 heteroatoms. The molecule has 26 heavy (non-hydrogen) atoms. The molecule has 0 saturated heterocycles. The highest BCUT2D eigenvalue weighted by molar-refractivity contribution is 5.90. The third-order valence-corrected chi connectivity index (χ3v) is 5.08. The molecule has 0 aromatic heterocycles. The topological polar surface area (TPSA) is 46.5 Å². The van der Waals surface area contributed by atoms with E-state index >= 15 is 0 Å². The number of benzene rings is 2. The minimum atomic E-state index is -0.458. The maximum absolute atomic E-state index is 12.0. The first-order valence-electron chi connectivity index (χ1n) is 9.30. The molecule has 136 valence electrons. The van der Waals surface area contributed by atoms with Crippen molar-refractivity contribution in [3.8, 4) is 16.9 Å². The zero-order valence-electron chi connectivity index (χ0n) is 15.3. The van der Waals surface area contributed by atoms with Crippen molar-refractivity contribution >= 4 is 5.97 Å². The molecular formula is C23H26O3. The average Bonchev–Trinajstić information content (AvgIpc) is 2.68. The predicted octanol–water partition coefficient (Wildman–Crippen LogP) is 5.38. The summed E-state index contributed by atoms with van der Waals surface area (Å²) in [5.41, 5.74) is 4.28. The molecule has 2 aromatic carbocycles. The molecule has 0 heterocycles. The zero-order valence-corrected chi connectivity index (χ0v) is 15.3.